The van der Waals surface area contributed by atoms with Crippen molar-refractivity contribution in [1.29, 1.82) is 0 Å². The smallest absolute Gasteiger partial charge is 0.135 e. The van der Waals surface area contributed by atoms with Gasteiger partial charge in [-0.05, 0) is 25.0 Å². The van der Waals surface area contributed by atoms with Crippen LogP contribution in [0.5, 0.6) is 5.75 Å². The first-order valence-electron chi connectivity index (χ1n) is 7.64. The van der Waals surface area contributed by atoms with Crippen LogP contribution in [0.3, 0.4) is 0 Å². The Hall–Kier alpha value is -1.88. The molecule has 0 amide bonds. The van der Waals surface area contributed by atoms with Crippen molar-refractivity contribution in [2.24, 2.45) is 0 Å². The van der Waals surface area contributed by atoms with Crippen molar-refractivity contribution in [3.05, 3.63) is 41.6 Å². The van der Waals surface area contributed by atoms with Gasteiger partial charge in [-0.3, -0.25) is 4.98 Å². The van der Waals surface area contributed by atoms with Crippen LogP contribution in [0.2, 0.25) is 5.15 Å². The molecule has 1 atom stereocenters. The normalized spacial score (nSPS) is 21.1. The summed E-state index contributed by atoms with van der Waals surface area (Å²) >= 11 is 6.15. The van der Waals surface area contributed by atoms with E-state index in [4.69, 9.17) is 16.3 Å². The van der Waals surface area contributed by atoms with Crippen LogP contribution in [0.25, 0.3) is 0 Å². The minimum atomic E-state index is 0.167. The maximum absolute atomic E-state index is 6.15. The predicted molar refractivity (Wildman–Crippen MR) is 84.5 cm³/mol. The number of hydrogen-bond acceptors (Lipinski definition) is 5. The number of halogens is 1. The molecule has 0 bridgehead atoms. The molecule has 0 radical (unpaired) electrons. The summed E-state index contributed by atoms with van der Waals surface area (Å²) in [7, 11) is 0. The molecule has 6 heteroatoms. The summed E-state index contributed by atoms with van der Waals surface area (Å²) in [5.74, 6) is 3.17. The highest BCUT2D eigenvalue weighted by Gasteiger charge is 2.30. The Kier molecular flexibility index (Phi) is 3.58. The third-order valence-corrected chi connectivity index (χ3v) is 4.26. The van der Waals surface area contributed by atoms with Crippen LogP contribution >= 0.6 is 11.6 Å². The van der Waals surface area contributed by atoms with Gasteiger partial charge in [0.05, 0.1) is 6.54 Å². The number of anilines is 1. The van der Waals surface area contributed by atoms with Crippen LogP contribution in [0, 0.1) is 0 Å². The summed E-state index contributed by atoms with van der Waals surface area (Å²) in [6.07, 6.45) is 6.98. The molecule has 1 saturated carbocycles. The zero-order chi connectivity index (χ0) is 14.9. The first-order valence-corrected chi connectivity index (χ1v) is 8.02. The zero-order valence-corrected chi connectivity index (χ0v) is 12.9. The van der Waals surface area contributed by atoms with Crippen molar-refractivity contribution >= 4 is 17.4 Å². The summed E-state index contributed by atoms with van der Waals surface area (Å²) in [5.41, 5.74) is 0. The lowest BCUT2D eigenvalue weighted by Crippen LogP contribution is -2.25. The zero-order valence-electron chi connectivity index (χ0n) is 12.2. The lowest BCUT2D eigenvalue weighted by Gasteiger charge is -2.18. The Bertz CT molecular complexity index is 662. The Morgan fingerprint density at radius 3 is 2.73 bits per heavy atom. The van der Waals surface area contributed by atoms with E-state index in [1.54, 1.807) is 12.4 Å². The van der Waals surface area contributed by atoms with E-state index < -0.39 is 0 Å². The van der Waals surface area contributed by atoms with Crippen molar-refractivity contribution in [3.8, 4) is 5.75 Å². The van der Waals surface area contributed by atoms with Crippen LogP contribution in [0.1, 0.15) is 31.0 Å². The first-order chi connectivity index (χ1) is 10.8. The maximum Gasteiger partial charge on any atom is 0.135 e. The van der Waals surface area contributed by atoms with E-state index in [0.717, 1.165) is 36.9 Å². The van der Waals surface area contributed by atoms with Gasteiger partial charge in [0.2, 0.25) is 0 Å². The fourth-order valence-electron chi connectivity index (χ4n) is 2.75. The van der Waals surface area contributed by atoms with Crippen LogP contribution < -0.4 is 9.64 Å². The lowest BCUT2D eigenvalue weighted by molar-refractivity contribution is 0.224. The Morgan fingerprint density at radius 1 is 1.14 bits per heavy atom. The van der Waals surface area contributed by atoms with Gasteiger partial charge in [0.15, 0.2) is 0 Å². The highest BCUT2D eigenvalue weighted by molar-refractivity contribution is 6.29. The van der Waals surface area contributed by atoms with E-state index in [9.17, 15) is 0 Å². The summed E-state index contributed by atoms with van der Waals surface area (Å²) < 4.78 is 5.99. The van der Waals surface area contributed by atoms with Crippen molar-refractivity contribution in [1.82, 2.24) is 15.0 Å². The molecule has 3 heterocycles. The average Bonchev–Trinajstić information content (AvgIpc) is 3.28. The third-order valence-electron chi connectivity index (χ3n) is 4.06. The fourth-order valence-corrected chi connectivity index (χ4v) is 2.93. The van der Waals surface area contributed by atoms with Gasteiger partial charge in [-0.15, -0.1) is 0 Å². The molecule has 0 aromatic carbocycles. The van der Waals surface area contributed by atoms with Crippen LogP contribution in [0.4, 0.5) is 5.82 Å². The van der Waals surface area contributed by atoms with Gasteiger partial charge in [-0.2, -0.15) is 0 Å². The molecular formula is C16H17ClN4O. The topological polar surface area (TPSA) is 51.1 Å². The van der Waals surface area contributed by atoms with E-state index >= 15 is 0 Å². The van der Waals surface area contributed by atoms with E-state index in [-0.39, 0.29) is 6.10 Å². The molecule has 0 spiro atoms. The Morgan fingerprint density at radius 2 is 1.95 bits per heavy atom. The van der Waals surface area contributed by atoms with Gasteiger partial charge in [-0.25, -0.2) is 9.97 Å². The summed E-state index contributed by atoms with van der Waals surface area (Å²) in [6, 6.07) is 5.62. The van der Waals surface area contributed by atoms with Gasteiger partial charge in [0.1, 0.15) is 28.6 Å². The van der Waals surface area contributed by atoms with Crippen LogP contribution in [-0.2, 0) is 0 Å². The molecule has 1 aliphatic heterocycles. The number of rotatable bonds is 4. The standard InChI is InChI=1S/C16H17ClN4O/c17-14-9-15(20-16(19-14)11-1-2-11)21-8-5-13(10-21)22-12-3-6-18-7-4-12/h3-4,6-7,9,11,13H,1-2,5,8,10H2. The molecule has 2 aliphatic rings. The number of pyridine rings is 1. The minimum Gasteiger partial charge on any atom is -0.488 e. The molecule has 0 N–H and O–H groups in total. The third kappa shape index (κ3) is 2.99. The van der Waals surface area contributed by atoms with E-state index in [1.807, 2.05) is 18.2 Å². The quantitative estimate of drug-likeness (QED) is 0.811. The number of hydrogen-bond donors (Lipinski definition) is 0. The van der Waals surface area contributed by atoms with Crippen molar-refractivity contribution < 1.29 is 4.74 Å². The molecule has 2 aromatic rings. The average molecular weight is 317 g/mol. The molecule has 2 fully saturated rings. The van der Waals surface area contributed by atoms with Crippen molar-refractivity contribution in [2.75, 3.05) is 18.0 Å². The first kappa shape index (κ1) is 13.8. The Labute approximate surface area is 134 Å². The highest BCUT2D eigenvalue weighted by atomic mass is 35.5. The number of aromatic nitrogens is 3. The van der Waals surface area contributed by atoms with Crippen LogP contribution in [-0.4, -0.2) is 34.1 Å². The van der Waals surface area contributed by atoms with Gasteiger partial charge < -0.3 is 9.64 Å². The molecule has 5 nitrogen and oxygen atoms in total. The van der Waals surface area contributed by atoms with Gasteiger partial charge in [0, 0.05) is 37.3 Å². The summed E-state index contributed by atoms with van der Waals surface area (Å²) in [4.78, 5) is 15.3. The summed E-state index contributed by atoms with van der Waals surface area (Å²) in [6.45, 7) is 1.74. The molecule has 22 heavy (non-hydrogen) atoms. The number of nitrogens with zero attached hydrogens (tertiary/aromatic N) is 4. The van der Waals surface area contributed by atoms with E-state index in [1.165, 1.54) is 12.8 Å². The molecule has 2 aromatic heterocycles. The van der Waals surface area contributed by atoms with E-state index in [2.05, 4.69) is 19.9 Å². The maximum atomic E-state index is 6.15. The van der Waals surface area contributed by atoms with Crippen molar-refractivity contribution in [3.63, 3.8) is 0 Å². The Balaban J connectivity index is 1.46. The van der Waals surface area contributed by atoms with Crippen molar-refractivity contribution in [2.45, 2.75) is 31.3 Å². The minimum absolute atomic E-state index is 0.167. The lowest BCUT2D eigenvalue weighted by atomic mass is 10.3. The largest absolute Gasteiger partial charge is 0.488 e. The van der Waals surface area contributed by atoms with Gasteiger partial charge >= 0.3 is 0 Å². The molecule has 1 saturated heterocycles. The molecule has 1 unspecified atom stereocenters. The van der Waals surface area contributed by atoms with Gasteiger partial charge in [0.25, 0.3) is 0 Å². The summed E-state index contributed by atoms with van der Waals surface area (Å²) in [5, 5.41) is 0.533. The molecule has 1 aliphatic carbocycles. The van der Waals surface area contributed by atoms with Gasteiger partial charge in [-0.1, -0.05) is 11.6 Å². The number of ether oxygens (including phenoxy) is 1. The monoisotopic (exact) mass is 316 g/mol. The predicted octanol–water partition coefficient (Wildman–Crippen LogP) is 3.06. The molecule has 114 valence electrons. The van der Waals surface area contributed by atoms with E-state index in [0.29, 0.717) is 11.1 Å². The second-order valence-electron chi connectivity index (χ2n) is 5.84. The SMILES string of the molecule is Clc1cc(N2CCC(Oc3ccncc3)C2)nc(C2CC2)n1. The highest BCUT2D eigenvalue weighted by Crippen LogP contribution is 2.39. The second-order valence-corrected chi connectivity index (χ2v) is 6.23. The molecule has 4 rings (SSSR count). The fraction of sp³-hybridized carbons (Fsp3) is 0.438. The molecular weight excluding hydrogens is 300 g/mol. The second kappa shape index (κ2) is 5.72. The van der Waals surface area contributed by atoms with Crippen LogP contribution in [0.15, 0.2) is 30.6 Å².